The van der Waals surface area contributed by atoms with Crippen LogP contribution in [0.25, 0.3) is 0 Å². The SMILES string of the molecule is COc1cc(NC(=O)[C@H]2[C@H](c3cccc(Cl)c3F)[C@@](C#N)(c3ccc(Cl)cc3F)[C@H](CC(C)(C)C)N2C)ccc1C(=O)O. The van der Waals surface area contributed by atoms with Gasteiger partial charge in [0.15, 0.2) is 0 Å². The number of carboxylic acid groups (broad SMARTS) is 1. The topological polar surface area (TPSA) is 103 Å². The van der Waals surface area contributed by atoms with Crippen molar-refractivity contribution in [2.75, 3.05) is 19.5 Å². The van der Waals surface area contributed by atoms with Crippen LogP contribution in [-0.2, 0) is 10.2 Å². The lowest BCUT2D eigenvalue weighted by molar-refractivity contribution is -0.120. The molecule has 4 atom stereocenters. The third kappa shape index (κ3) is 5.92. The van der Waals surface area contributed by atoms with E-state index < -0.39 is 52.3 Å². The van der Waals surface area contributed by atoms with Gasteiger partial charge < -0.3 is 15.2 Å². The van der Waals surface area contributed by atoms with Gasteiger partial charge in [0.1, 0.15) is 28.4 Å². The third-order valence-corrected chi connectivity index (χ3v) is 8.44. The molecule has 11 heteroatoms. The van der Waals surface area contributed by atoms with Gasteiger partial charge in [-0.2, -0.15) is 5.26 Å². The molecule has 3 aromatic rings. The Kier molecular flexibility index (Phi) is 9.08. The number of likely N-dealkylation sites (N-methyl/N-ethyl adjacent to an activating group) is 1. The highest BCUT2D eigenvalue weighted by molar-refractivity contribution is 6.31. The first-order chi connectivity index (χ1) is 20.2. The summed E-state index contributed by atoms with van der Waals surface area (Å²) < 4.78 is 37.0. The van der Waals surface area contributed by atoms with Gasteiger partial charge in [-0.25, -0.2) is 13.6 Å². The van der Waals surface area contributed by atoms with Crippen molar-refractivity contribution in [3.63, 3.8) is 0 Å². The number of anilines is 1. The van der Waals surface area contributed by atoms with Crippen LogP contribution in [0, 0.1) is 28.4 Å². The molecule has 1 amide bonds. The highest BCUT2D eigenvalue weighted by Crippen LogP contribution is 2.56. The van der Waals surface area contributed by atoms with Crippen molar-refractivity contribution in [3.05, 3.63) is 93.0 Å². The largest absolute Gasteiger partial charge is 0.496 e. The van der Waals surface area contributed by atoms with E-state index in [1.165, 1.54) is 55.6 Å². The van der Waals surface area contributed by atoms with Crippen LogP contribution >= 0.6 is 23.2 Å². The number of aromatic carboxylic acids is 1. The summed E-state index contributed by atoms with van der Waals surface area (Å²) in [5.74, 6) is -4.63. The van der Waals surface area contributed by atoms with Crippen molar-refractivity contribution in [2.24, 2.45) is 5.41 Å². The van der Waals surface area contributed by atoms with Crippen LogP contribution in [0.2, 0.25) is 10.0 Å². The molecule has 1 fully saturated rings. The first-order valence-corrected chi connectivity index (χ1v) is 14.2. The Labute approximate surface area is 259 Å². The zero-order valence-electron chi connectivity index (χ0n) is 24.2. The number of nitriles is 1. The maximum Gasteiger partial charge on any atom is 0.339 e. The zero-order chi connectivity index (χ0) is 31.9. The second-order valence-corrected chi connectivity index (χ2v) is 12.7. The molecule has 0 saturated carbocycles. The van der Waals surface area contributed by atoms with E-state index in [0.29, 0.717) is 6.42 Å². The molecule has 0 radical (unpaired) electrons. The van der Waals surface area contributed by atoms with Crippen LogP contribution in [0.4, 0.5) is 14.5 Å². The number of hydrogen-bond acceptors (Lipinski definition) is 5. The Morgan fingerprint density at radius 1 is 1.14 bits per heavy atom. The Hall–Kier alpha value is -3.71. The number of nitrogens with zero attached hydrogens (tertiary/aromatic N) is 2. The highest BCUT2D eigenvalue weighted by Gasteiger charge is 2.63. The van der Waals surface area contributed by atoms with Crippen LogP contribution in [0.15, 0.2) is 54.6 Å². The molecule has 7 nitrogen and oxygen atoms in total. The minimum atomic E-state index is -1.77. The van der Waals surface area contributed by atoms with Crippen LogP contribution in [0.1, 0.15) is 54.6 Å². The highest BCUT2D eigenvalue weighted by atomic mass is 35.5. The molecule has 2 N–H and O–H groups in total. The lowest BCUT2D eigenvalue weighted by Crippen LogP contribution is -2.45. The number of halogens is 4. The van der Waals surface area contributed by atoms with Gasteiger partial charge in [0.25, 0.3) is 0 Å². The van der Waals surface area contributed by atoms with E-state index in [2.05, 4.69) is 11.4 Å². The van der Waals surface area contributed by atoms with Gasteiger partial charge >= 0.3 is 5.97 Å². The monoisotopic (exact) mass is 629 g/mol. The summed E-state index contributed by atoms with van der Waals surface area (Å²) in [6.45, 7) is 5.87. The summed E-state index contributed by atoms with van der Waals surface area (Å²) in [5, 5.41) is 23.2. The van der Waals surface area contributed by atoms with Gasteiger partial charge in [0, 0.05) is 34.3 Å². The van der Waals surface area contributed by atoms with E-state index in [0.717, 1.165) is 6.07 Å². The van der Waals surface area contributed by atoms with E-state index in [4.69, 9.17) is 27.9 Å². The van der Waals surface area contributed by atoms with E-state index >= 15 is 8.78 Å². The molecule has 0 aromatic heterocycles. The normalized spacial score (nSPS) is 22.2. The van der Waals surface area contributed by atoms with Gasteiger partial charge in [0.05, 0.1) is 24.2 Å². The number of amides is 1. The Morgan fingerprint density at radius 2 is 1.84 bits per heavy atom. The minimum absolute atomic E-state index is 0.0164. The molecule has 1 saturated heterocycles. The second kappa shape index (κ2) is 12.1. The average Bonchev–Trinajstić information content (AvgIpc) is 3.16. The maximum atomic E-state index is 15.9. The smallest absolute Gasteiger partial charge is 0.339 e. The van der Waals surface area contributed by atoms with E-state index in [1.54, 1.807) is 11.9 Å². The Balaban J connectivity index is 1.98. The van der Waals surface area contributed by atoms with Crippen molar-refractivity contribution in [3.8, 4) is 11.8 Å². The number of likely N-dealkylation sites (tertiary alicyclic amines) is 1. The number of nitrogens with one attached hydrogen (secondary N) is 1. The molecule has 1 aliphatic rings. The summed E-state index contributed by atoms with van der Waals surface area (Å²) in [6, 6.07) is 12.7. The fraction of sp³-hybridized carbons (Fsp3) is 0.344. The molecular formula is C32H31Cl2F2N3O4. The van der Waals surface area contributed by atoms with E-state index in [-0.39, 0.29) is 38.2 Å². The summed E-state index contributed by atoms with van der Waals surface area (Å²) in [5.41, 5.74) is -2.10. The van der Waals surface area contributed by atoms with Crippen molar-refractivity contribution in [1.29, 1.82) is 5.26 Å². The number of benzene rings is 3. The van der Waals surface area contributed by atoms with Gasteiger partial charge in [-0.3, -0.25) is 9.69 Å². The molecule has 1 aliphatic heterocycles. The molecule has 0 unspecified atom stereocenters. The lowest BCUT2D eigenvalue weighted by Gasteiger charge is -2.38. The molecule has 0 spiro atoms. The minimum Gasteiger partial charge on any atom is -0.496 e. The fourth-order valence-electron chi connectivity index (χ4n) is 6.14. The van der Waals surface area contributed by atoms with Crippen molar-refractivity contribution in [1.82, 2.24) is 4.90 Å². The number of rotatable bonds is 7. The van der Waals surface area contributed by atoms with Crippen molar-refractivity contribution in [2.45, 2.75) is 50.6 Å². The molecule has 43 heavy (non-hydrogen) atoms. The number of methoxy groups -OCH3 is 1. The fourth-order valence-corrected chi connectivity index (χ4v) is 6.48. The summed E-state index contributed by atoms with van der Waals surface area (Å²) in [7, 11) is 2.95. The summed E-state index contributed by atoms with van der Waals surface area (Å²) in [4.78, 5) is 27.5. The average molecular weight is 631 g/mol. The molecular weight excluding hydrogens is 599 g/mol. The lowest BCUT2D eigenvalue weighted by atomic mass is 9.62. The van der Waals surface area contributed by atoms with Crippen LogP contribution in [-0.4, -0.2) is 48.1 Å². The first-order valence-electron chi connectivity index (χ1n) is 13.4. The number of ether oxygens (including phenoxy) is 1. The Morgan fingerprint density at radius 3 is 2.42 bits per heavy atom. The van der Waals surface area contributed by atoms with E-state index in [1.807, 2.05) is 20.8 Å². The number of carboxylic acids is 1. The van der Waals surface area contributed by atoms with Gasteiger partial charge in [-0.05, 0) is 54.8 Å². The van der Waals surface area contributed by atoms with Crippen LogP contribution < -0.4 is 10.1 Å². The quantitative estimate of drug-likeness (QED) is 0.285. The zero-order valence-corrected chi connectivity index (χ0v) is 25.7. The molecule has 3 aromatic carbocycles. The molecule has 0 aliphatic carbocycles. The Bertz CT molecular complexity index is 1620. The van der Waals surface area contributed by atoms with E-state index in [9.17, 15) is 20.0 Å². The first kappa shape index (κ1) is 32.2. The summed E-state index contributed by atoms with van der Waals surface area (Å²) in [6.07, 6.45) is 0.336. The predicted octanol–water partition coefficient (Wildman–Crippen LogP) is 7.28. The van der Waals surface area contributed by atoms with Crippen LogP contribution in [0.5, 0.6) is 5.75 Å². The van der Waals surface area contributed by atoms with Gasteiger partial charge in [-0.1, -0.05) is 62.2 Å². The molecule has 1 heterocycles. The third-order valence-electron chi connectivity index (χ3n) is 7.91. The number of hydrogen-bond donors (Lipinski definition) is 2. The van der Waals surface area contributed by atoms with Gasteiger partial charge in [0.2, 0.25) is 5.91 Å². The second-order valence-electron chi connectivity index (χ2n) is 11.8. The van der Waals surface area contributed by atoms with Crippen molar-refractivity contribution < 1.29 is 28.2 Å². The molecule has 0 bridgehead atoms. The predicted molar refractivity (Wildman–Crippen MR) is 161 cm³/mol. The van der Waals surface area contributed by atoms with Crippen LogP contribution in [0.3, 0.4) is 0 Å². The standard InChI is InChI=1S/C32H31Cl2F2N3O4/c1-31(2,3)15-25-32(16-37,21-12-9-17(33)13-23(21)35)26(20-7-6-8-22(34)27(20)36)28(39(25)4)29(40)38-18-10-11-19(30(41)42)24(14-18)43-5/h6-14,25-26,28H,15H2,1-5H3,(H,38,40)(H,41,42)/t25-,26-,28+,32-/m0/s1. The summed E-state index contributed by atoms with van der Waals surface area (Å²) >= 11 is 12.3. The molecule has 226 valence electrons. The van der Waals surface area contributed by atoms with Gasteiger partial charge in [-0.15, -0.1) is 0 Å². The number of carbonyl (C=O) groups is 2. The molecule has 4 rings (SSSR count). The maximum absolute atomic E-state index is 15.9. The number of carbonyl (C=O) groups excluding carboxylic acids is 1. The van der Waals surface area contributed by atoms with Crippen molar-refractivity contribution >= 4 is 40.8 Å².